The molecule has 0 aliphatic carbocycles. The van der Waals surface area contributed by atoms with Gasteiger partial charge < -0.3 is 4.74 Å². The molecule has 0 spiro atoms. The van der Waals surface area contributed by atoms with Gasteiger partial charge in [-0.2, -0.15) is 0 Å². The number of ketones is 1. The molecule has 0 aliphatic heterocycles. The van der Waals surface area contributed by atoms with Crippen LogP contribution in [-0.2, 0) is 6.42 Å². The van der Waals surface area contributed by atoms with Crippen molar-refractivity contribution in [2.45, 2.75) is 6.42 Å². The minimum atomic E-state index is -0.636. The second-order valence-electron chi connectivity index (χ2n) is 4.15. The van der Waals surface area contributed by atoms with Crippen molar-refractivity contribution < 1.29 is 13.9 Å². The maximum Gasteiger partial charge on any atom is 0.171 e. The lowest BCUT2D eigenvalue weighted by molar-refractivity contribution is 0.0988. The van der Waals surface area contributed by atoms with Gasteiger partial charge in [0, 0.05) is 17.0 Å². The van der Waals surface area contributed by atoms with Crippen LogP contribution in [0.1, 0.15) is 15.9 Å². The number of carbonyl (C=O) groups is 1. The van der Waals surface area contributed by atoms with Crippen molar-refractivity contribution in [3.8, 4) is 5.75 Å². The van der Waals surface area contributed by atoms with Crippen molar-refractivity contribution in [3.05, 3.63) is 63.4 Å². The van der Waals surface area contributed by atoms with E-state index in [1.54, 1.807) is 18.2 Å². The molecule has 20 heavy (non-hydrogen) atoms. The molecule has 0 atom stereocenters. The first kappa shape index (κ1) is 14.8. The summed E-state index contributed by atoms with van der Waals surface area (Å²) >= 11 is 11.8. The summed E-state index contributed by atoms with van der Waals surface area (Å²) in [5.41, 5.74) is 0.473. The molecular weight excluding hydrogens is 302 g/mol. The number of hydrogen-bond acceptors (Lipinski definition) is 2. The van der Waals surface area contributed by atoms with Crippen LogP contribution in [0.15, 0.2) is 36.4 Å². The number of benzene rings is 2. The van der Waals surface area contributed by atoms with Gasteiger partial charge in [0.15, 0.2) is 5.78 Å². The van der Waals surface area contributed by atoms with Gasteiger partial charge in [-0.25, -0.2) is 4.39 Å². The maximum atomic E-state index is 13.7. The Morgan fingerprint density at radius 1 is 1.25 bits per heavy atom. The molecular formula is C15H11Cl2FO2. The average Bonchev–Trinajstić information content (AvgIpc) is 2.38. The number of rotatable bonds is 4. The highest BCUT2D eigenvalue weighted by atomic mass is 35.5. The molecule has 0 heterocycles. The van der Waals surface area contributed by atoms with E-state index in [4.69, 9.17) is 27.9 Å². The minimum absolute atomic E-state index is 0.0373. The van der Waals surface area contributed by atoms with E-state index in [9.17, 15) is 9.18 Å². The first-order valence-electron chi connectivity index (χ1n) is 5.82. The van der Waals surface area contributed by atoms with E-state index in [0.717, 1.165) is 0 Å². The molecule has 2 aromatic carbocycles. The van der Waals surface area contributed by atoms with E-state index in [2.05, 4.69) is 0 Å². The summed E-state index contributed by atoms with van der Waals surface area (Å²) in [6.45, 7) is 0. The summed E-state index contributed by atoms with van der Waals surface area (Å²) in [7, 11) is 1.49. The number of ether oxygens (including phenoxy) is 1. The summed E-state index contributed by atoms with van der Waals surface area (Å²) < 4.78 is 18.9. The number of Topliss-reactive ketones (excluding diaryl/α,β-unsaturated/α-hetero) is 1. The van der Waals surface area contributed by atoms with Gasteiger partial charge in [-0.1, -0.05) is 29.3 Å². The zero-order valence-corrected chi connectivity index (χ0v) is 12.1. The van der Waals surface area contributed by atoms with E-state index in [0.29, 0.717) is 16.3 Å². The third-order valence-electron chi connectivity index (χ3n) is 2.84. The van der Waals surface area contributed by atoms with E-state index >= 15 is 0 Å². The third-order valence-corrected chi connectivity index (χ3v) is 3.39. The van der Waals surface area contributed by atoms with Crippen LogP contribution in [0.5, 0.6) is 5.75 Å². The van der Waals surface area contributed by atoms with Crippen LogP contribution < -0.4 is 4.74 Å². The monoisotopic (exact) mass is 312 g/mol. The fourth-order valence-electron chi connectivity index (χ4n) is 1.91. The molecule has 0 unspecified atom stereocenters. The van der Waals surface area contributed by atoms with Gasteiger partial charge in [-0.15, -0.1) is 0 Å². The van der Waals surface area contributed by atoms with Gasteiger partial charge in [-0.3, -0.25) is 4.79 Å². The van der Waals surface area contributed by atoms with Gasteiger partial charge in [0.05, 0.1) is 17.7 Å². The fraction of sp³-hybridized carbons (Fsp3) is 0.133. The highest BCUT2D eigenvalue weighted by Gasteiger charge is 2.18. The van der Waals surface area contributed by atoms with Crippen LogP contribution in [0.4, 0.5) is 4.39 Å². The van der Waals surface area contributed by atoms with E-state index in [1.807, 2.05) is 0 Å². The van der Waals surface area contributed by atoms with Crippen molar-refractivity contribution in [1.82, 2.24) is 0 Å². The Morgan fingerprint density at radius 3 is 2.65 bits per heavy atom. The molecule has 2 aromatic rings. The van der Waals surface area contributed by atoms with Crippen LogP contribution in [0.2, 0.25) is 10.0 Å². The predicted octanol–water partition coefficient (Wildman–Crippen LogP) is 4.57. The smallest absolute Gasteiger partial charge is 0.171 e. The minimum Gasteiger partial charge on any atom is -0.496 e. The van der Waals surface area contributed by atoms with Crippen molar-refractivity contribution in [1.29, 1.82) is 0 Å². The summed E-state index contributed by atoms with van der Waals surface area (Å²) in [4.78, 5) is 12.2. The SMILES string of the molecule is COc1ccc(Cl)cc1CC(=O)c1c(F)cccc1Cl. The first-order valence-corrected chi connectivity index (χ1v) is 6.58. The summed E-state index contributed by atoms with van der Waals surface area (Å²) in [6, 6.07) is 9.07. The number of halogens is 3. The quantitative estimate of drug-likeness (QED) is 0.773. The molecule has 0 amide bonds. The number of methoxy groups -OCH3 is 1. The second-order valence-corrected chi connectivity index (χ2v) is 5.00. The predicted molar refractivity (Wildman–Crippen MR) is 77.4 cm³/mol. The molecule has 0 aromatic heterocycles. The summed E-state index contributed by atoms with van der Waals surface area (Å²) in [5.74, 6) is -0.535. The van der Waals surface area contributed by atoms with Crippen molar-refractivity contribution in [2.75, 3.05) is 7.11 Å². The Balaban J connectivity index is 2.35. The molecule has 2 nitrogen and oxygen atoms in total. The molecule has 0 saturated heterocycles. The molecule has 0 saturated carbocycles. The van der Waals surface area contributed by atoms with Crippen molar-refractivity contribution >= 4 is 29.0 Å². The lowest BCUT2D eigenvalue weighted by atomic mass is 10.0. The molecule has 0 bridgehead atoms. The van der Waals surface area contributed by atoms with Crippen LogP contribution in [0.3, 0.4) is 0 Å². The first-order chi connectivity index (χ1) is 9.52. The summed E-state index contributed by atoms with van der Waals surface area (Å²) in [6.07, 6.45) is -0.0373. The Hall–Kier alpha value is -1.58. The molecule has 2 rings (SSSR count). The van der Waals surface area contributed by atoms with Gasteiger partial charge in [0.2, 0.25) is 0 Å². The van der Waals surface area contributed by atoms with Gasteiger partial charge >= 0.3 is 0 Å². The van der Waals surface area contributed by atoms with Crippen molar-refractivity contribution in [2.24, 2.45) is 0 Å². The van der Waals surface area contributed by atoms with Crippen LogP contribution >= 0.6 is 23.2 Å². The molecule has 5 heteroatoms. The van der Waals surface area contributed by atoms with E-state index in [1.165, 1.54) is 25.3 Å². The highest BCUT2D eigenvalue weighted by Crippen LogP contribution is 2.26. The van der Waals surface area contributed by atoms with Crippen LogP contribution in [0, 0.1) is 5.82 Å². The van der Waals surface area contributed by atoms with Gasteiger partial charge in [0.25, 0.3) is 0 Å². The fourth-order valence-corrected chi connectivity index (χ4v) is 2.37. The standard InChI is InChI=1S/C15H11Cl2FO2/c1-20-14-6-5-10(16)7-9(14)8-13(19)15-11(17)3-2-4-12(15)18/h2-7H,8H2,1H3. The van der Waals surface area contributed by atoms with Crippen LogP contribution in [-0.4, -0.2) is 12.9 Å². The van der Waals surface area contributed by atoms with E-state index in [-0.39, 0.29) is 17.0 Å². The normalized spacial score (nSPS) is 10.4. The molecule has 0 N–H and O–H groups in total. The average molecular weight is 313 g/mol. The zero-order chi connectivity index (χ0) is 14.7. The lowest BCUT2D eigenvalue weighted by Gasteiger charge is -2.09. The molecule has 0 fully saturated rings. The molecule has 0 radical (unpaired) electrons. The van der Waals surface area contributed by atoms with Gasteiger partial charge in [-0.05, 0) is 30.3 Å². The summed E-state index contributed by atoms with van der Waals surface area (Å²) in [5, 5.41) is 0.573. The zero-order valence-electron chi connectivity index (χ0n) is 10.6. The molecule has 104 valence electrons. The Morgan fingerprint density at radius 2 is 2.00 bits per heavy atom. The Labute approximate surface area is 126 Å². The second kappa shape index (κ2) is 6.25. The maximum absolute atomic E-state index is 13.7. The lowest BCUT2D eigenvalue weighted by Crippen LogP contribution is -2.08. The van der Waals surface area contributed by atoms with Crippen LogP contribution in [0.25, 0.3) is 0 Å². The number of carbonyl (C=O) groups excluding carboxylic acids is 1. The number of hydrogen-bond donors (Lipinski definition) is 0. The Kier molecular flexibility index (Phi) is 4.63. The molecule has 0 aliphatic rings. The Bertz CT molecular complexity index is 636. The van der Waals surface area contributed by atoms with Crippen molar-refractivity contribution in [3.63, 3.8) is 0 Å². The highest BCUT2D eigenvalue weighted by molar-refractivity contribution is 6.34. The van der Waals surface area contributed by atoms with Gasteiger partial charge in [0.1, 0.15) is 11.6 Å². The largest absolute Gasteiger partial charge is 0.496 e. The third kappa shape index (κ3) is 3.11. The topological polar surface area (TPSA) is 26.3 Å². The van der Waals surface area contributed by atoms with E-state index < -0.39 is 11.6 Å².